The Morgan fingerprint density at radius 2 is 2.00 bits per heavy atom. The molecule has 2 N–H and O–H groups in total. The van der Waals surface area contributed by atoms with E-state index in [1.54, 1.807) is 6.07 Å². The fourth-order valence-electron chi connectivity index (χ4n) is 3.24. The minimum absolute atomic E-state index is 0.0124. The quantitative estimate of drug-likeness (QED) is 0.746. The van der Waals surface area contributed by atoms with Crippen molar-refractivity contribution in [1.29, 1.82) is 0 Å². The molecule has 25 heavy (non-hydrogen) atoms. The second-order valence-corrected chi connectivity index (χ2v) is 6.76. The van der Waals surface area contributed by atoms with Gasteiger partial charge in [-0.2, -0.15) is 0 Å². The van der Waals surface area contributed by atoms with E-state index in [0.29, 0.717) is 23.1 Å². The zero-order valence-electron chi connectivity index (χ0n) is 13.8. The van der Waals surface area contributed by atoms with Crippen LogP contribution in [0.25, 0.3) is 22.4 Å². The highest BCUT2D eigenvalue weighted by Crippen LogP contribution is 2.30. The van der Waals surface area contributed by atoms with Crippen molar-refractivity contribution in [2.45, 2.75) is 12.8 Å². The lowest BCUT2D eigenvalue weighted by Crippen LogP contribution is -2.31. The zero-order chi connectivity index (χ0) is 17.2. The number of hydrogen-bond donors (Lipinski definition) is 2. The Hall–Kier alpha value is -2.37. The molecule has 0 radical (unpaired) electrons. The van der Waals surface area contributed by atoms with E-state index in [1.165, 1.54) is 12.8 Å². The number of imidazole rings is 1. The molecule has 0 bridgehead atoms. The van der Waals surface area contributed by atoms with Gasteiger partial charge in [-0.3, -0.25) is 9.69 Å². The van der Waals surface area contributed by atoms with E-state index in [4.69, 9.17) is 11.6 Å². The molecule has 5 nitrogen and oxygen atoms in total. The molecular formula is C19H19ClN4O. The van der Waals surface area contributed by atoms with Gasteiger partial charge >= 0.3 is 0 Å². The third kappa shape index (κ3) is 3.52. The van der Waals surface area contributed by atoms with Crippen LogP contribution in [-0.4, -0.2) is 40.4 Å². The van der Waals surface area contributed by atoms with Crippen molar-refractivity contribution in [2.75, 3.05) is 25.0 Å². The fourth-order valence-corrected chi connectivity index (χ4v) is 3.41. The number of amides is 1. The van der Waals surface area contributed by atoms with E-state index in [-0.39, 0.29) is 5.91 Å². The average molecular weight is 355 g/mol. The maximum absolute atomic E-state index is 12.4. The Kier molecular flexibility index (Phi) is 4.42. The summed E-state index contributed by atoms with van der Waals surface area (Å²) < 4.78 is 0. The molecule has 0 aliphatic carbocycles. The molecule has 3 aromatic rings. The van der Waals surface area contributed by atoms with Gasteiger partial charge in [-0.25, -0.2) is 4.98 Å². The average Bonchev–Trinajstić information content (AvgIpc) is 3.25. The minimum atomic E-state index is -0.0124. The van der Waals surface area contributed by atoms with E-state index in [0.717, 1.165) is 29.7 Å². The Morgan fingerprint density at radius 1 is 1.20 bits per heavy atom. The SMILES string of the molecule is O=C(CN1CCCC1)Nc1ccc(Cl)cc1-c1nc2ccccc2[nH]1. The number of aromatic amines is 1. The summed E-state index contributed by atoms with van der Waals surface area (Å²) in [6.07, 6.45) is 2.33. The summed E-state index contributed by atoms with van der Waals surface area (Å²) in [6, 6.07) is 13.3. The number of nitrogens with zero attached hydrogens (tertiary/aromatic N) is 2. The van der Waals surface area contributed by atoms with Crippen LogP contribution >= 0.6 is 11.6 Å². The molecule has 1 aromatic heterocycles. The van der Waals surface area contributed by atoms with Gasteiger partial charge in [0.25, 0.3) is 0 Å². The number of para-hydroxylation sites is 2. The van der Waals surface area contributed by atoms with Gasteiger partial charge in [0.15, 0.2) is 0 Å². The normalized spacial score (nSPS) is 14.9. The fraction of sp³-hybridized carbons (Fsp3) is 0.263. The van der Waals surface area contributed by atoms with Gasteiger partial charge < -0.3 is 10.3 Å². The van der Waals surface area contributed by atoms with Gasteiger partial charge in [-0.05, 0) is 56.3 Å². The van der Waals surface area contributed by atoms with Crippen molar-refractivity contribution in [1.82, 2.24) is 14.9 Å². The van der Waals surface area contributed by atoms with Gasteiger partial charge in [-0.1, -0.05) is 23.7 Å². The van der Waals surface area contributed by atoms with Crippen LogP contribution < -0.4 is 5.32 Å². The van der Waals surface area contributed by atoms with E-state index in [9.17, 15) is 4.79 Å². The summed E-state index contributed by atoms with van der Waals surface area (Å²) in [6.45, 7) is 2.40. The third-order valence-corrected chi connectivity index (χ3v) is 4.70. The highest BCUT2D eigenvalue weighted by atomic mass is 35.5. The molecule has 1 aliphatic rings. The van der Waals surface area contributed by atoms with Crippen LogP contribution in [0.2, 0.25) is 5.02 Å². The van der Waals surface area contributed by atoms with Crippen molar-refractivity contribution < 1.29 is 4.79 Å². The second kappa shape index (κ2) is 6.86. The van der Waals surface area contributed by atoms with E-state index in [1.807, 2.05) is 36.4 Å². The van der Waals surface area contributed by atoms with Crippen LogP contribution in [0.4, 0.5) is 5.69 Å². The summed E-state index contributed by atoms with van der Waals surface area (Å²) >= 11 is 6.18. The summed E-state index contributed by atoms with van der Waals surface area (Å²) in [5, 5.41) is 3.61. The van der Waals surface area contributed by atoms with Crippen molar-refractivity contribution in [3.05, 3.63) is 47.5 Å². The largest absolute Gasteiger partial charge is 0.338 e. The third-order valence-electron chi connectivity index (χ3n) is 4.47. The lowest BCUT2D eigenvalue weighted by atomic mass is 10.1. The molecule has 1 aliphatic heterocycles. The van der Waals surface area contributed by atoms with Crippen LogP contribution in [0.1, 0.15) is 12.8 Å². The highest BCUT2D eigenvalue weighted by molar-refractivity contribution is 6.31. The van der Waals surface area contributed by atoms with E-state index >= 15 is 0 Å². The number of likely N-dealkylation sites (tertiary alicyclic amines) is 1. The number of carbonyl (C=O) groups is 1. The van der Waals surface area contributed by atoms with Crippen LogP contribution in [-0.2, 0) is 4.79 Å². The number of rotatable bonds is 4. The molecule has 2 aromatic carbocycles. The van der Waals surface area contributed by atoms with Crippen molar-refractivity contribution in [3.63, 3.8) is 0 Å². The van der Waals surface area contributed by atoms with Crippen LogP contribution in [0.15, 0.2) is 42.5 Å². The highest BCUT2D eigenvalue weighted by Gasteiger charge is 2.17. The first kappa shape index (κ1) is 16.1. The Balaban J connectivity index is 1.63. The number of H-pyrrole nitrogens is 1. The Bertz CT molecular complexity index is 882. The molecule has 0 saturated carbocycles. The number of benzene rings is 2. The predicted octanol–water partition coefficient (Wildman–Crippen LogP) is 3.92. The summed E-state index contributed by atoms with van der Waals surface area (Å²) in [5.41, 5.74) is 3.34. The number of halogens is 1. The topological polar surface area (TPSA) is 61.0 Å². The van der Waals surface area contributed by atoms with Crippen LogP contribution in [0.3, 0.4) is 0 Å². The first-order chi connectivity index (χ1) is 12.2. The monoisotopic (exact) mass is 354 g/mol. The number of hydrogen-bond acceptors (Lipinski definition) is 3. The summed E-state index contributed by atoms with van der Waals surface area (Å²) in [5.74, 6) is 0.682. The minimum Gasteiger partial charge on any atom is -0.338 e. The smallest absolute Gasteiger partial charge is 0.238 e. The number of carbonyl (C=O) groups excluding carboxylic acids is 1. The zero-order valence-corrected chi connectivity index (χ0v) is 14.5. The van der Waals surface area contributed by atoms with Gasteiger partial charge in [0.1, 0.15) is 5.82 Å². The maximum atomic E-state index is 12.4. The summed E-state index contributed by atoms with van der Waals surface area (Å²) in [7, 11) is 0. The molecule has 1 fully saturated rings. The van der Waals surface area contributed by atoms with Gasteiger partial charge in [0.2, 0.25) is 5.91 Å². The Morgan fingerprint density at radius 3 is 2.80 bits per heavy atom. The van der Waals surface area contributed by atoms with Crippen LogP contribution in [0.5, 0.6) is 0 Å². The lowest BCUT2D eigenvalue weighted by molar-refractivity contribution is -0.117. The molecular weight excluding hydrogens is 336 g/mol. The number of fused-ring (bicyclic) bond motifs is 1. The number of anilines is 1. The van der Waals surface area contributed by atoms with Gasteiger partial charge in [-0.15, -0.1) is 0 Å². The first-order valence-electron chi connectivity index (χ1n) is 8.46. The molecule has 4 rings (SSSR count). The first-order valence-corrected chi connectivity index (χ1v) is 8.84. The molecule has 2 heterocycles. The molecule has 0 atom stereocenters. The Labute approximate surface area is 151 Å². The second-order valence-electron chi connectivity index (χ2n) is 6.32. The van der Waals surface area contributed by atoms with Crippen LogP contribution in [0, 0.1) is 0 Å². The standard InChI is InChI=1S/C19H19ClN4O/c20-13-7-8-15(21-18(25)12-24-9-3-4-10-24)14(11-13)19-22-16-5-1-2-6-17(16)23-19/h1-2,5-8,11H,3-4,9-10,12H2,(H,21,25)(H,22,23). The van der Waals surface area contributed by atoms with Crippen molar-refractivity contribution >= 4 is 34.2 Å². The van der Waals surface area contributed by atoms with Crippen molar-refractivity contribution in [3.8, 4) is 11.4 Å². The lowest BCUT2D eigenvalue weighted by Gasteiger charge is -2.15. The van der Waals surface area contributed by atoms with Gasteiger partial charge in [0.05, 0.1) is 23.3 Å². The van der Waals surface area contributed by atoms with Gasteiger partial charge in [0, 0.05) is 10.6 Å². The predicted molar refractivity (Wildman–Crippen MR) is 101 cm³/mol. The summed E-state index contributed by atoms with van der Waals surface area (Å²) in [4.78, 5) is 22.5. The maximum Gasteiger partial charge on any atom is 0.238 e. The molecule has 1 saturated heterocycles. The number of nitrogens with one attached hydrogen (secondary N) is 2. The van der Waals surface area contributed by atoms with E-state index in [2.05, 4.69) is 20.2 Å². The van der Waals surface area contributed by atoms with Crippen molar-refractivity contribution in [2.24, 2.45) is 0 Å². The molecule has 0 unspecified atom stereocenters. The number of aromatic nitrogens is 2. The molecule has 1 amide bonds. The molecule has 0 spiro atoms. The molecule has 128 valence electrons. The molecule has 6 heteroatoms. The van der Waals surface area contributed by atoms with E-state index < -0.39 is 0 Å².